The molecule has 1 saturated heterocycles. The number of rotatable bonds is 22. The number of hydrogen-bond donors (Lipinski definition) is 0. The quantitative estimate of drug-likeness (QED) is 0.0440. The molecule has 0 aliphatic carbocycles. The van der Waals surface area contributed by atoms with Gasteiger partial charge in [0.2, 0.25) is 0 Å². The smallest absolute Gasteiger partial charge is 0.189 e. The Kier molecular flexibility index (Phi) is 16.0. The van der Waals surface area contributed by atoms with E-state index in [9.17, 15) is 0 Å². The Bertz CT molecular complexity index is 1890. The number of nitrogens with zero attached hydrogens (tertiary/aromatic N) is 6. The van der Waals surface area contributed by atoms with Crippen LogP contribution in [0.5, 0.6) is 5.75 Å². The SMILES string of the molecule is CCc1cc(OCOCC[Si](C)(C)C)c(F)cc1-c1ccc2c(-c3nc(CN4CCN(CC)CC4)cn3COCC[Si](C)(C)C)nn(COCC[Si](C)(C)C)c2c1. The summed E-state index contributed by atoms with van der Waals surface area (Å²) in [6.07, 6.45) is 2.87. The number of fused-ring (bicyclic) bond motifs is 1. The molecule has 316 valence electrons. The van der Waals surface area contributed by atoms with Gasteiger partial charge in [-0.3, -0.25) is 4.90 Å². The molecular formula is C43H71FN6O4Si3. The van der Waals surface area contributed by atoms with Crippen molar-refractivity contribution < 1.29 is 23.3 Å². The van der Waals surface area contributed by atoms with E-state index in [-0.39, 0.29) is 12.5 Å². The fraction of sp³-hybridized carbons (Fsp3) is 0.628. The van der Waals surface area contributed by atoms with E-state index in [4.69, 9.17) is 29.0 Å². The molecule has 0 saturated carbocycles. The molecule has 0 radical (unpaired) electrons. The van der Waals surface area contributed by atoms with E-state index in [2.05, 4.69) is 112 Å². The molecular weight excluding hydrogens is 768 g/mol. The first kappa shape index (κ1) is 45.4. The van der Waals surface area contributed by atoms with Crippen LogP contribution in [0.1, 0.15) is 25.1 Å². The first-order chi connectivity index (χ1) is 26.9. The summed E-state index contributed by atoms with van der Waals surface area (Å²) in [6.45, 7) is 34.3. The summed E-state index contributed by atoms with van der Waals surface area (Å²) >= 11 is 0. The van der Waals surface area contributed by atoms with Crippen molar-refractivity contribution >= 4 is 35.1 Å². The Hall–Kier alpha value is -2.70. The van der Waals surface area contributed by atoms with Gasteiger partial charge in [0.1, 0.15) is 19.2 Å². The maximum Gasteiger partial charge on any atom is 0.189 e. The fourth-order valence-electron chi connectivity index (χ4n) is 6.81. The molecule has 3 heterocycles. The lowest BCUT2D eigenvalue weighted by Gasteiger charge is -2.33. The predicted molar refractivity (Wildman–Crippen MR) is 241 cm³/mol. The van der Waals surface area contributed by atoms with Crippen LogP contribution in [0.4, 0.5) is 4.39 Å². The molecule has 2 aromatic heterocycles. The van der Waals surface area contributed by atoms with Gasteiger partial charge in [0.25, 0.3) is 0 Å². The van der Waals surface area contributed by atoms with Crippen molar-refractivity contribution in [3.05, 3.63) is 53.6 Å². The molecule has 5 rings (SSSR count). The topological polar surface area (TPSA) is 79.0 Å². The normalized spacial score (nSPS) is 14.9. The van der Waals surface area contributed by atoms with Crippen LogP contribution in [0.2, 0.25) is 77.1 Å². The second-order valence-corrected chi connectivity index (χ2v) is 36.2. The third-order valence-corrected chi connectivity index (χ3v) is 15.8. The minimum absolute atomic E-state index is 0.0336. The van der Waals surface area contributed by atoms with Crippen molar-refractivity contribution in [1.29, 1.82) is 0 Å². The average molecular weight is 839 g/mol. The van der Waals surface area contributed by atoms with Gasteiger partial charge in [-0.1, -0.05) is 78.8 Å². The zero-order chi connectivity index (χ0) is 41.4. The second-order valence-electron chi connectivity index (χ2n) is 19.3. The monoisotopic (exact) mass is 838 g/mol. The summed E-state index contributed by atoms with van der Waals surface area (Å²) in [4.78, 5) is 10.3. The van der Waals surface area contributed by atoms with Crippen molar-refractivity contribution in [2.24, 2.45) is 0 Å². The van der Waals surface area contributed by atoms with E-state index < -0.39 is 30.0 Å². The summed E-state index contributed by atoms with van der Waals surface area (Å²) in [7, 11) is -3.76. The number of benzene rings is 2. The third kappa shape index (κ3) is 13.7. The van der Waals surface area contributed by atoms with Crippen LogP contribution in [0.25, 0.3) is 33.5 Å². The first-order valence-corrected chi connectivity index (χ1v) is 32.3. The summed E-state index contributed by atoms with van der Waals surface area (Å²) in [5.74, 6) is 0.604. The van der Waals surface area contributed by atoms with Gasteiger partial charge in [0.15, 0.2) is 24.2 Å². The fourth-order valence-corrected chi connectivity index (χ4v) is 9.08. The van der Waals surface area contributed by atoms with Crippen molar-refractivity contribution in [2.45, 2.75) is 117 Å². The lowest BCUT2D eigenvalue weighted by atomic mass is 9.96. The Balaban J connectivity index is 1.49. The highest BCUT2D eigenvalue weighted by atomic mass is 28.3. The minimum atomic E-state index is -1.29. The molecule has 0 amide bonds. The number of halogens is 1. The molecule has 0 unspecified atom stereocenters. The van der Waals surface area contributed by atoms with Crippen LogP contribution in [0, 0.1) is 5.82 Å². The largest absolute Gasteiger partial charge is 0.464 e. The van der Waals surface area contributed by atoms with Gasteiger partial charge >= 0.3 is 0 Å². The van der Waals surface area contributed by atoms with Crippen LogP contribution in [-0.4, -0.2) is 113 Å². The van der Waals surface area contributed by atoms with Crippen LogP contribution in [-0.2, 0) is 40.6 Å². The molecule has 57 heavy (non-hydrogen) atoms. The lowest BCUT2D eigenvalue weighted by Crippen LogP contribution is -2.45. The highest BCUT2D eigenvalue weighted by Gasteiger charge is 2.24. The third-order valence-electron chi connectivity index (χ3n) is 10.7. The zero-order valence-electron chi connectivity index (χ0n) is 37.0. The van der Waals surface area contributed by atoms with Crippen molar-refractivity contribution in [1.82, 2.24) is 29.1 Å². The van der Waals surface area contributed by atoms with E-state index in [1.54, 1.807) is 6.07 Å². The zero-order valence-corrected chi connectivity index (χ0v) is 40.0. The van der Waals surface area contributed by atoms with E-state index in [0.717, 1.165) is 115 Å². The number of aryl methyl sites for hydroxylation is 1. The standard InChI is InChI=1S/C43H71FN6O4Si3/c1-12-34-27-41(54-33-53-22-25-57(9,10)11)39(44)28-38(34)35-14-15-37-40(26-35)50(32-52-21-24-56(6,7)8)46-42(37)43-45-36(29-48-18-16-47(13-2)17-19-48)30-49(43)31-51-20-23-55(3,4)5/h14-15,26-28,30H,12-13,16-25,29,31-33H2,1-11H3. The predicted octanol–water partition coefficient (Wildman–Crippen LogP) is 9.72. The van der Waals surface area contributed by atoms with Gasteiger partial charge in [0, 0.05) is 88.3 Å². The van der Waals surface area contributed by atoms with Gasteiger partial charge in [0.05, 0.1) is 11.2 Å². The molecule has 1 fully saturated rings. The van der Waals surface area contributed by atoms with E-state index in [1.807, 2.05) is 10.7 Å². The van der Waals surface area contributed by atoms with Gasteiger partial charge in [-0.25, -0.2) is 14.1 Å². The maximum atomic E-state index is 15.7. The van der Waals surface area contributed by atoms with Gasteiger partial charge in [-0.05, 0) is 72.1 Å². The summed E-state index contributed by atoms with van der Waals surface area (Å²) < 4.78 is 43.9. The molecule has 2 aromatic carbocycles. The van der Waals surface area contributed by atoms with Gasteiger partial charge in [-0.15, -0.1) is 0 Å². The molecule has 1 aliphatic rings. The van der Waals surface area contributed by atoms with Gasteiger partial charge < -0.3 is 28.4 Å². The Morgan fingerprint density at radius 3 is 1.96 bits per heavy atom. The molecule has 4 aromatic rings. The molecule has 10 nitrogen and oxygen atoms in total. The van der Waals surface area contributed by atoms with Crippen LogP contribution in [0.3, 0.4) is 0 Å². The van der Waals surface area contributed by atoms with Crippen molar-refractivity contribution in [3.8, 4) is 28.4 Å². The maximum absolute atomic E-state index is 15.7. The molecule has 0 spiro atoms. The molecule has 0 N–H and O–H groups in total. The number of piperazine rings is 1. The highest BCUT2D eigenvalue weighted by molar-refractivity contribution is 6.76. The average Bonchev–Trinajstić information content (AvgIpc) is 3.71. The minimum Gasteiger partial charge on any atom is -0.464 e. The Morgan fingerprint density at radius 1 is 0.737 bits per heavy atom. The highest BCUT2D eigenvalue weighted by Crippen LogP contribution is 2.35. The molecule has 14 heteroatoms. The lowest BCUT2D eigenvalue weighted by molar-refractivity contribution is 0.0197. The summed E-state index contributed by atoms with van der Waals surface area (Å²) in [6, 6.07) is 12.9. The number of ether oxygens (including phenoxy) is 4. The number of likely N-dealkylation sites (N-methyl/N-ethyl adjacent to an activating group) is 1. The molecule has 0 bridgehead atoms. The van der Waals surface area contributed by atoms with Gasteiger partial charge in [-0.2, -0.15) is 5.10 Å². The van der Waals surface area contributed by atoms with E-state index in [0.29, 0.717) is 26.7 Å². The van der Waals surface area contributed by atoms with Crippen molar-refractivity contribution in [2.75, 3.05) is 59.3 Å². The van der Waals surface area contributed by atoms with Crippen LogP contribution >= 0.6 is 0 Å². The number of hydrogen-bond acceptors (Lipinski definition) is 8. The molecule has 0 atom stereocenters. The summed E-state index contributed by atoms with van der Waals surface area (Å²) in [5, 5.41) is 6.19. The Morgan fingerprint density at radius 2 is 1.35 bits per heavy atom. The summed E-state index contributed by atoms with van der Waals surface area (Å²) in [5.41, 5.74) is 5.47. The number of imidazole rings is 1. The Labute approximate surface area is 345 Å². The number of aromatic nitrogens is 4. The second kappa shape index (κ2) is 20.0. The van der Waals surface area contributed by atoms with E-state index >= 15 is 4.39 Å². The molecule has 1 aliphatic heterocycles. The first-order valence-electron chi connectivity index (χ1n) is 21.1. The van der Waals surface area contributed by atoms with Crippen molar-refractivity contribution in [3.63, 3.8) is 0 Å². The van der Waals surface area contributed by atoms with Crippen LogP contribution in [0.15, 0.2) is 36.5 Å². The van der Waals surface area contributed by atoms with E-state index in [1.165, 1.54) is 0 Å². The van der Waals surface area contributed by atoms with Crippen LogP contribution < -0.4 is 4.74 Å².